The molecule has 0 spiro atoms. The molecule has 15 heavy (non-hydrogen) atoms. The summed E-state index contributed by atoms with van der Waals surface area (Å²) in [7, 11) is 0. The number of carbonyl (C=O) groups is 1. The molecule has 0 amide bonds. The minimum atomic E-state index is -0.451. The Kier molecular flexibility index (Phi) is 3.76. The molecule has 1 N–H and O–H groups in total. The van der Waals surface area contributed by atoms with E-state index in [2.05, 4.69) is 17.2 Å². The van der Waals surface area contributed by atoms with Crippen molar-refractivity contribution < 1.29 is 9.53 Å². The van der Waals surface area contributed by atoms with Crippen molar-refractivity contribution in [1.29, 1.82) is 0 Å². The molecule has 3 nitrogen and oxygen atoms in total. The standard InChI is InChI=1S/C12H19NO2/c1-9(10-7-13-8-10)5-6-11(14)15-12(2,3)4/h9-10,13H,7-8H2,1-4H3. The zero-order chi connectivity index (χ0) is 11.5. The SMILES string of the molecule is CC(C#CC(=O)OC(C)(C)C)C1CNC1. The molecule has 0 saturated carbocycles. The van der Waals surface area contributed by atoms with E-state index in [1.165, 1.54) is 0 Å². The molecule has 1 atom stereocenters. The molecule has 1 unspecified atom stereocenters. The van der Waals surface area contributed by atoms with Gasteiger partial charge >= 0.3 is 5.97 Å². The van der Waals surface area contributed by atoms with Crippen molar-refractivity contribution in [3.05, 3.63) is 0 Å². The van der Waals surface area contributed by atoms with E-state index in [0.717, 1.165) is 13.1 Å². The van der Waals surface area contributed by atoms with Crippen molar-refractivity contribution >= 4 is 5.97 Å². The van der Waals surface area contributed by atoms with Crippen LogP contribution in [0.2, 0.25) is 0 Å². The maximum atomic E-state index is 11.3. The van der Waals surface area contributed by atoms with E-state index in [4.69, 9.17) is 4.74 Å². The predicted octanol–water partition coefficient (Wildman–Crippen LogP) is 1.19. The Morgan fingerprint density at radius 2 is 2.07 bits per heavy atom. The summed E-state index contributed by atoms with van der Waals surface area (Å²) in [6.45, 7) is 9.57. The fourth-order valence-corrected chi connectivity index (χ4v) is 1.26. The fraction of sp³-hybridized carbons (Fsp3) is 0.750. The maximum Gasteiger partial charge on any atom is 0.384 e. The van der Waals surface area contributed by atoms with Crippen molar-refractivity contribution in [2.75, 3.05) is 13.1 Å². The van der Waals surface area contributed by atoms with E-state index >= 15 is 0 Å². The van der Waals surface area contributed by atoms with Crippen molar-refractivity contribution in [3.63, 3.8) is 0 Å². The van der Waals surface area contributed by atoms with Gasteiger partial charge in [0, 0.05) is 24.9 Å². The summed E-state index contributed by atoms with van der Waals surface area (Å²) in [4.78, 5) is 11.3. The largest absolute Gasteiger partial charge is 0.450 e. The first-order chi connectivity index (χ1) is 6.88. The van der Waals surface area contributed by atoms with Crippen molar-refractivity contribution in [2.45, 2.75) is 33.3 Å². The lowest BCUT2D eigenvalue weighted by atomic mass is 9.89. The second-order valence-corrected chi connectivity index (χ2v) is 4.98. The smallest absolute Gasteiger partial charge is 0.384 e. The number of esters is 1. The molecular formula is C12H19NO2. The third-order valence-corrected chi connectivity index (χ3v) is 2.32. The van der Waals surface area contributed by atoms with Crippen LogP contribution in [0, 0.1) is 23.7 Å². The fourth-order valence-electron chi connectivity index (χ4n) is 1.26. The van der Waals surface area contributed by atoms with Gasteiger partial charge in [0.2, 0.25) is 0 Å². The molecule has 0 bridgehead atoms. The lowest BCUT2D eigenvalue weighted by Crippen LogP contribution is -2.45. The third kappa shape index (κ3) is 4.35. The quantitative estimate of drug-likeness (QED) is 0.400. The zero-order valence-corrected chi connectivity index (χ0v) is 9.89. The topological polar surface area (TPSA) is 38.3 Å². The first-order valence-corrected chi connectivity index (χ1v) is 5.34. The molecule has 0 radical (unpaired) electrons. The third-order valence-electron chi connectivity index (χ3n) is 2.32. The normalized spacial score (nSPS) is 18.4. The van der Waals surface area contributed by atoms with Crippen LogP contribution in [0.1, 0.15) is 27.7 Å². The van der Waals surface area contributed by atoms with Crippen LogP contribution in [-0.2, 0) is 9.53 Å². The lowest BCUT2D eigenvalue weighted by Gasteiger charge is -2.29. The van der Waals surface area contributed by atoms with Crippen LogP contribution in [0.5, 0.6) is 0 Å². The minimum Gasteiger partial charge on any atom is -0.450 e. The first kappa shape index (κ1) is 12.1. The van der Waals surface area contributed by atoms with Gasteiger partial charge in [-0.2, -0.15) is 0 Å². The highest BCUT2D eigenvalue weighted by molar-refractivity contribution is 5.88. The molecule has 1 saturated heterocycles. The Hall–Kier alpha value is -1.01. The Morgan fingerprint density at radius 3 is 2.47 bits per heavy atom. The Morgan fingerprint density at radius 1 is 1.47 bits per heavy atom. The van der Waals surface area contributed by atoms with Gasteiger partial charge < -0.3 is 10.1 Å². The van der Waals surface area contributed by atoms with Crippen molar-refractivity contribution in [3.8, 4) is 11.8 Å². The molecule has 1 aliphatic heterocycles. The Labute approximate surface area is 91.6 Å². The molecule has 1 fully saturated rings. The number of ether oxygens (including phenoxy) is 1. The zero-order valence-electron chi connectivity index (χ0n) is 9.89. The van der Waals surface area contributed by atoms with Gasteiger partial charge in [-0.1, -0.05) is 12.8 Å². The summed E-state index contributed by atoms with van der Waals surface area (Å²) in [5.41, 5.74) is -0.451. The second kappa shape index (κ2) is 4.67. The Balaban J connectivity index is 2.39. The van der Waals surface area contributed by atoms with E-state index in [9.17, 15) is 4.79 Å². The predicted molar refractivity (Wildman–Crippen MR) is 59.1 cm³/mol. The van der Waals surface area contributed by atoms with Gasteiger partial charge in [-0.25, -0.2) is 4.79 Å². The molecule has 0 aliphatic carbocycles. The van der Waals surface area contributed by atoms with Gasteiger partial charge in [-0.3, -0.25) is 0 Å². The number of hydrogen-bond acceptors (Lipinski definition) is 3. The van der Waals surface area contributed by atoms with Gasteiger partial charge in [0.25, 0.3) is 0 Å². The van der Waals surface area contributed by atoms with Crippen LogP contribution in [0.15, 0.2) is 0 Å². The molecule has 0 aromatic rings. The first-order valence-electron chi connectivity index (χ1n) is 5.34. The highest BCUT2D eigenvalue weighted by Gasteiger charge is 2.22. The Bertz CT molecular complexity index is 289. The summed E-state index contributed by atoms with van der Waals surface area (Å²) in [6, 6.07) is 0. The average molecular weight is 209 g/mol. The molecular weight excluding hydrogens is 190 g/mol. The summed E-state index contributed by atoms with van der Waals surface area (Å²) >= 11 is 0. The minimum absolute atomic E-state index is 0.263. The van der Waals surface area contributed by atoms with Crippen molar-refractivity contribution in [2.24, 2.45) is 11.8 Å². The highest BCUT2D eigenvalue weighted by atomic mass is 16.6. The molecule has 0 aromatic heterocycles. The van der Waals surface area contributed by atoms with Gasteiger partial charge in [-0.15, -0.1) is 0 Å². The number of hydrogen-bond donors (Lipinski definition) is 1. The summed E-state index contributed by atoms with van der Waals surface area (Å²) in [5.74, 6) is 5.91. The monoisotopic (exact) mass is 209 g/mol. The second-order valence-electron chi connectivity index (χ2n) is 4.98. The van der Waals surface area contributed by atoms with Gasteiger partial charge in [0.15, 0.2) is 0 Å². The highest BCUT2D eigenvalue weighted by Crippen LogP contribution is 2.14. The molecule has 0 aromatic carbocycles. The van der Waals surface area contributed by atoms with E-state index in [1.54, 1.807) is 0 Å². The van der Waals surface area contributed by atoms with E-state index in [0.29, 0.717) is 5.92 Å². The van der Waals surface area contributed by atoms with Crippen molar-refractivity contribution in [1.82, 2.24) is 5.32 Å². The lowest BCUT2D eigenvalue weighted by molar-refractivity contribution is -0.147. The van der Waals surface area contributed by atoms with Gasteiger partial charge in [0.1, 0.15) is 5.60 Å². The molecule has 1 heterocycles. The van der Waals surface area contributed by atoms with Gasteiger partial charge in [0.05, 0.1) is 0 Å². The molecule has 84 valence electrons. The van der Waals surface area contributed by atoms with Gasteiger partial charge in [-0.05, 0) is 26.7 Å². The molecule has 1 aliphatic rings. The van der Waals surface area contributed by atoms with E-state index < -0.39 is 11.6 Å². The summed E-state index contributed by atoms with van der Waals surface area (Å²) in [6.07, 6.45) is 0. The van der Waals surface area contributed by atoms with E-state index in [1.807, 2.05) is 27.7 Å². The van der Waals surface area contributed by atoms with Crippen LogP contribution >= 0.6 is 0 Å². The molecule has 3 heteroatoms. The van der Waals surface area contributed by atoms with Crippen LogP contribution in [0.3, 0.4) is 0 Å². The van der Waals surface area contributed by atoms with Crippen LogP contribution in [0.4, 0.5) is 0 Å². The summed E-state index contributed by atoms with van der Waals surface area (Å²) < 4.78 is 5.09. The summed E-state index contributed by atoms with van der Waals surface area (Å²) in [5, 5.41) is 3.18. The van der Waals surface area contributed by atoms with Crippen LogP contribution < -0.4 is 5.32 Å². The number of carbonyl (C=O) groups excluding carboxylic acids is 1. The number of nitrogens with one attached hydrogen (secondary N) is 1. The number of rotatable bonds is 1. The average Bonchev–Trinajstić information content (AvgIpc) is 1.94. The van der Waals surface area contributed by atoms with Crippen LogP contribution in [-0.4, -0.2) is 24.7 Å². The van der Waals surface area contributed by atoms with Crippen LogP contribution in [0.25, 0.3) is 0 Å². The van der Waals surface area contributed by atoms with E-state index in [-0.39, 0.29) is 5.92 Å². The maximum absolute atomic E-state index is 11.3. The molecule has 1 rings (SSSR count).